The number of nitrogens with one attached hydrogen (secondary N) is 1. The Bertz CT molecular complexity index is 1060. The maximum Gasteiger partial charge on any atom is 0.173 e. The van der Waals surface area contributed by atoms with Crippen LogP contribution in [0.3, 0.4) is 0 Å². The molecule has 0 amide bonds. The SMILES string of the molecule is Cc1ccccc1Cn1cc(NC(=S)N2CCN(Cc3ccc(Cl)cc3Cl)CC2)cn1. The molecule has 2 heterocycles. The molecule has 4 rings (SSSR count). The molecule has 162 valence electrons. The van der Waals surface area contributed by atoms with E-state index >= 15 is 0 Å². The molecule has 1 fully saturated rings. The molecule has 0 bridgehead atoms. The van der Waals surface area contributed by atoms with E-state index in [2.05, 4.69) is 51.4 Å². The maximum atomic E-state index is 6.32. The predicted octanol–water partition coefficient (Wildman–Crippen LogP) is 5.06. The molecule has 0 atom stereocenters. The van der Waals surface area contributed by atoms with Gasteiger partial charge < -0.3 is 10.2 Å². The van der Waals surface area contributed by atoms with E-state index < -0.39 is 0 Å². The van der Waals surface area contributed by atoms with Crippen LogP contribution < -0.4 is 5.32 Å². The number of halogens is 2. The van der Waals surface area contributed by atoms with Gasteiger partial charge in [0.25, 0.3) is 0 Å². The van der Waals surface area contributed by atoms with Crippen molar-refractivity contribution in [3.63, 3.8) is 0 Å². The Balaban J connectivity index is 1.27. The molecule has 1 aromatic heterocycles. The Morgan fingerprint density at radius 2 is 1.81 bits per heavy atom. The van der Waals surface area contributed by atoms with Gasteiger partial charge in [-0.2, -0.15) is 5.10 Å². The number of thiocarbonyl (C=S) groups is 1. The summed E-state index contributed by atoms with van der Waals surface area (Å²) >= 11 is 18.0. The van der Waals surface area contributed by atoms with Gasteiger partial charge in [0.05, 0.1) is 18.4 Å². The van der Waals surface area contributed by atoms with Gasteiger partial charge in [0, 0.05) is 49.0 Å². The van der Waals surface area contributed by atoms with Crippen LogP contribution in [-0.4, -0.2) is 50.9 Å². The normalized spacial score (nSPS) is 14.6. The number of hydrogen-bond acceptors (Lipinski definition) is 3. The van der Waals surface area contributed by atoms with Crippen molar-refractivity contribution < 1.29 is 0 Å². The van der Waals surface area contributed by atoms with Crippen molar-refractivity contribution in [1.82, 2.24) is 19.6 Å². The standard InChI is InChI=1S/C23H25Cl2N5S/c1-17-4-2-3-5-18(17)15-30-16-21(13-26-30)27-23(31)29-10-8-28(9-11-29)14-19-6-7-20(24)12-22(19)25/h2-7,12-13,16H,8-11,14-15H2,1H3,(H,27,31). The summed E-state index contributed by atoms with van der Waals surface area (Å²) in [6.45, 7) is 7.26. The van der Waals surface area contributed by atoms with Crippen LogP contribution >= 0.6 is 35.4 Å². The van der Waals surface area contributed by atoms with E-state index in [1.54, 1.807) is 6.07 Å². The zero-order chi connectivity index (χ0) is 21.8. The first-order chi connectivity index (χ1) is 15.0. The Kier molecular flexibility index (Phi) is 7.13. The van der Waals surface area contributed by atoms with Crippen LogP contribution in [0.5, 0.6) is 0 Å². The summed E-state index contributed by atoms with van der Waals surface area (Å²) in [6.07, 6.45) is 3.82. The Morgan fingerprint density at radius 1 is 1.03 bits per heavy atom. The fraction of sp³-hybridized carbons (Fsp3) is 0.304. The summed E-state index contributed by atoms with van der Waals surface area (Å²) in [5.74, 6) is 0. The molecule has 2 aromatic carbocycles. The largest absolute Gasteiger partial charge is 0.346 e. The molecule has 0 radical (unpaired) electrons. The van der Waals surface area contributed by atoms with Gasteiger partial charge in [-0.25, -0.2) is 0 Å². The fourth-order valence-corrected chi connectivity index (χ4v) is 4.45. The highest BCUT2D eigenvalue weighted by atomic mass is 35.5. The van der Waals surface area contributed by atoms with Crippen LogP contribution in [0, 0.1) is 6.92 Å². The van der Waals surface area contributed by atoms with Gasteiger partial charge >= 0.3 is 0 Å². The van der Waals surface area contributed by atoms with Gasteiger partial charge in [-0.1, -0.05) is 53.5 Å². The van der Waals surface area contributed by atoms with Gasteiger partial charge in [-0.3, -0.25) is 9.58 Å². The number of anilines is 1. The highest BCUT2D eigenvalue weighted by Gasteiger charge is 2.20. The number of aromatic nitrogens is 2. The van der Waals surface area contributed by atoms with Gasteiger partial charge in [-0.05, 0) is 48.0 Å². The van der Waals surface area contributed by atoms with E-state index in [1.165, 1.54) is 11.1 Å². The summed E-state index contributed by atoms with van der Waals surface area (Å²) < 4.78 is 1.93. The highest BCUT2D eigenvalue weighted by Crippen LogP contribution is 2.23. The van der Waals surface area contributed by atoms with E-state index in [-0.39, 0.29) is 0 Å². The minimum absolute atomic E-state index is 0.664. The Morgan fingerprint density at radius 3 is 2.55 bits per heavy atom. The second-order valence-electron chi connectivity index (χ2n) is 7.78. The minimum atomic E-state index is 0.664. The molecule has 1 N–H and O–H groups in total. The highest BCUT2D eigenvalue weighted by molar-refractivity contribution is 7.80. The third kappa shape index (κ3) is 5.77. The van der Waals surface area contributed by atoms with Gasteiger partial charge in [-0.15, -0.1) is 0 Å². The Hall–Kier alpha value is -2.12. The quantitative estimate of drug-likeness (QED) is 0.523. The van der Waals surface area contributed by atoms with Crippen molar-refractivity contribution in [2.45, 2.75) is 20.0 Å². The molecule has 0 saturated carbocycles. The first kappa shape index (κ1) is 22.1. The van der Waals surface area contributed by atoms with Crippen molar-refractivity contribution in [2.75, 3.05) is 31.5 Å². The van der Waals surface area contributed by atoms with Crippen molar-refractivity contribution in [3.05, 3.63) is 81.6 Å². The Labute approximate surface area is 198 Å². The molecule has 5 nitrogen and oxygen atoms in total. The molecular weight excluding hydrogens is 449 g/mol. The monoisotopic (exact) mass is 473 g/mol. The molecule has 0 spiro atoms. The van der Waals surface area contributed by atoms with Gasteiger partial charge in [0.1, 0.15) is 0 Å². The first-order valence-electron chi connectivity index (χ1n) is 10.3. The lowest BCUT2D eigenvalue weighted by Gasteiger charge is -2.36. The van der Waals surface area contributed by atoms with Crippen LogP contribution in [0.1, 0.15) is 16.7 Å². The van der Waals surface area contributed by atoms with Crippen LogP contribution in [-0.2, 0) is 13.1 Å². The minimum Gasteiger partial charge on any atom is -0.346 e. The van der Waals surface area contributed by atoms with E-state index in [0.29, 0.717) is 5.02 Å². The zero-order valence-electron chi connectivity index (χ0n) is 17.4. The molecule has 0 unspecified atom stereocenters. The second-order valence-corrected chi connectivity index (χ2v) is 9.01. The van der Waals surface area contributed by atoms with Gasteiger partial charge in [0.15, 0.2) is 5.11 Å². The number of aryl methyl sites for hydroxylation is 1. The van der Waals surface area contributed by atoms with Crippen LogP contribution in [0.15, 0.2) is 54.9 Å². The average Bonchev–Trinajstić information content (AvgIpc) is 3.19. The molecule has 0 aliphatic carbocycles. The predicted molar refractivity (Wildman–Crippen MR) is 132 cm³/mol. The summed E-state index contributed by atoms with van der Waals surface area (Å²) in [5, 5.41) is 9.92. The van der Waals surface area contributed by atoms with Crippen LogP contribution in [0.2, 0.25) is 10.0 Å². The van der Waals surface area contributed by atoms with E-state index in [1.807, 2.05) is 29.2 Å². The number of piperazine rings is 1. The topological polar surface area (TPSA) is 36.3 Å². The summed E-state index contributed by atoms with van der Waals surface area (Å²) in [4.78, 5) is 4.59. The fourth-order valence-electron chi connectivity index (χ4n) is 3.68. The number of benzene rings is 2. The smallest absolute Gasteiger partial charge is 0.173 e. The summed E-state index contributed by atoms with van der Waals surface area (Å²) in [5.41, 5.74) is 4.53. The van der Waals surface area contributed by atoms with Crippen LogP contribution in [0.25, 0.3) is 0 Å². The summed E-state index contributed by atoms with van der Waals surface area (Å²) in [6, 6.07) is 14.0. The molecular formula is C23H25Cl2N5S. The zero-order valence-corrected chi connectivity index (χ0v) is 19.7. The third-order valence-corrected chi connectivity index (χ3v) is 6.49. The second kappa shape index (κ2) is 10.0. The lowest BCUT2D eigenvalue weighted by molar-refractivity contribution is 0.177. The lowest BCUT2D eigenvalue weighted by atomic mass is 10.1. The van der Waals surface area contributed by atoms with Gasteiger partial charge in [0.2, 0.25) is 0 Å². The molecule has 1 aliphatic heterocycles. The first-order valence-corrected chi connectivity index (χ1v) is 11.4. The lowest BCUT2D eigenvalue weighted by Crippen LogP contribution is -2.49. The van der Waals surface area contributed by atoms with E-state index in [0.717, 1.165) is 60.7 Å². The van der Waals surface area contributed by atoms with Crippen molar-refractivity contribution in [1.29, 1.82) is 0 Å². The number of hydrogen-bond donors (Lipinski definition) is 1. The van der Waals surface area contributed by atoms with Crippen molar-refractivity contribution >= 4 is 46.2 Å². The third-order valence-electron chi connectivity index (χ3n) is 5.55. The van der Waals surface area contributed by atoms with E-state index in [4.69, 9.17) is 35.4 Å². The maximum absolute atomic E-state index is 6.32. The average molecular weight is 474 g/mol. The van der Waals surface area contributed by atoms with E-state index in [9.17, 15) is 0 Å². The summed E-state index contributed by atoms with van der Waals surface area (Å²) in [7, 11) is 0. The molecule has 3 aromatic rings. The molecule has 31 heavy (non-hydrogen) atoms. The van der Waals surface area contributed by atoms with Crippen LogP contribution in [0.4, 0.5) is 5.69 Å². The molecule has 1 aliphatic rings. The molecule has 8 heteroatoms. The van der Waals surface area contributed by atoms with Crippen molar-refractivity contribution in [2.24, 2.45) is 0 Å². The number of nitrogens with zero attached hydrogens (tertiary/aromatic N) is 4. The molecule has 1 saturated heterocycles. The van der Waals surface area contributed by atoms with Crippen molar-refractivity contribution in [3.8, 4) is 0 Å². The number of rotatable bonds is 5.